The summed E-state index contributed by atoms with van der Waals surface area (Å²) in [6.45, 7) is 2.56. The van der Waals surface area contributed by atoms with Gasteiger partial charge in [-0.3, -0.25) is 0 Å². The molecule has 0 saturated heterocycles. The van der Waals surface area contributed by atoms with Gasteiger partial charge in [-0.25, -0.2) is 0 Å². The molecule has 0 fully saturated rings. The van der Waals surface area contributed by atoms with E-state index < -0.39 is 0 Å². The monoisotopic (exact) mass is 334 g/mol. The standard InChI is InChI=1S/C22H38O2/c1-3-19-23-21-17-15-13-11-9-7-5-6-8-10-12-14-16-18-22-24-20-4-2/h1-2H,5-22H2. The fraction of sp³-hybridized carbons (Fsp3) is 0.818. The third-order valence-electron chi connectivity index (χ3n) is 4.20. The van der Waals surface area contributed by atoms with Gasteiger partial charge in [-0.05, 0) is 12.8 Å². The second-order valence-corrected chi connectivity index (χ2v) is 6.46. The molecule has 0 aliphatic heterocycles. The van der Waals surface area contributed by atoms with Crippen molar-refractivity contribution in [3.8, 4) is 24.7 Å². The summed E-state index contributed by atoms with van der Waals surface area (Å²) in [6.07, 6.45) is 28.9. The SMILES string of the molecule is C#CCOCCCCCCCCCCCCCCCCOCC#C. The molecule has 0 aliphatic rings. The van der Waals surface area contributed by atoms with Gasteiger partial charge in [-0.1, -0.05) is 88.9 Å². The molecule has 138 valence electrons. The number of hydrogen-bond donors (Lipinski definition) is 0. The molecule has 24 heavy (non-hydrogen) atoms. The van der Waals surface area contributed by atoms with E-state index in [0.29, 0.717) is 13.2 Å². The van der Waals surface area contributed by atoms with Gasteiger partial charge >= 0.3 is 0 Å². The third-order valence-corrected chi connectivity index (χ3v) is 4.20. The van der Waals surface area contributed by atoms with Gasteiger partial charge in [-0.2, -0.15) is 0 Å². The summed E-state index contributed by atoms with van der Waals surface area (Å²) in [4.78, 5) is 0. The molecular weight excluding hydrogens is 296 g/mol. The molecule has 0 amide bonds. The van der Waals surface area contributed by atoms with Crippen LogP contribution in [0.15, 0.2) is 0 Å². The van der Waals surface area contributed by atoms with Crippen LogP contribution in [-0.2, 0) is 9.47 Å². The number of rotatable bonds is 19. The van der Waals surface area contributed by atoms with Crippen molar-refractivity contribution in [3.05, 3.63) is 0 Å². The Bertz CT molecular complexity index is 279. The highest BCUT2D eigenvalue weighted by atomic mass is 16.5. The fourth-order valence-electron chi connectivity index (χ4n) is 2.79. The molecule has 0 rings (SSSR count). The first-order valence-electron chi connectivity index (χ1n) is 9.94. The van der Waals surface area contributed by atoms with Gasteiger partial charge < -0.3 is 9.47 Å². The van der Waals surface area contributed by atoms with Crippen molar-refractivity contribution in [1.29, 1.82) is 0 Å². The van der Waals surface area contributed by atoms with Crippen LogP contribution in [0.2, 0.25) is 0 Å². The number of ether oxygens (including phenoxy) is 2. The van der Waals surface area contributed by atoms with Gasteiger partial charge in [0.05, 0.1) is 0 Å². The van der Waals surface area contributed by atoms with Crippen LogP contribution in [-0.4, -0.2) is 26.4 Å². The molecule has 2 heteroatoms. The summed E-state index contributed by atoms with van der Waals surface area (Å²) < 4.78 is 10.5. The van der Waals surface area contributed by atoms with Crippen LogP contribution in [0.5, 0.6) is 0 Å². The maximum Gasteiger partial charge on any atom is 0.107 e. The summed E-state index contributed by atoms with van der Waals surface area (Å²) in [5.41, 5.74) is 0. The van der Waals surface area contributed by atoms with E-state index in [4.69, 9.17) is 22.3 Å². The molecule has 0 saturated carbocycles. The van der Waals surface area contributed by atoms with Crippen LogP contribution >= 0.6 is 0 Å². The van der Waals surface area contributed by atoms with E-state index in [0.717, 1.165) is 26.1 Å². The molecule has 0 bridgehead atoms. The lowest BCUT2D eigenvalue weighted by molar-refractivity contribution is 0.161. The molecule has 0 heterocycles. The minimum absolute atomic E-state index is 0.459. The Hall–Kier alpha value is -0.960. The fourth-order valence-corrected chi connectivity index (χ4v) is 2.79. The van der Waals surface area contributed by atoms with Crippen molar-refractivity contribution in [2.45, 2.75) is 89.9 Å². The van der Waals surface area contributed by atoms with Crippen LogP contribution in [0.25, 0.3) is 0 Å². The largest absolute Gasteiger partial charge is 0.369 e. The Balaban J connectivity index is 2.96. The minimum atomic E-state index is 0.459. The lowest BCUT2D eigenvalue weighted by atomic mass is 10.0. The highest BCUT2D eigenvalue weighted by Crippen LogP contribution is 2.13. The van der Waals surface area contributed by atoms with Gasteiger partial charge in [0.15, 0.2) is 0 Å². The lowest BCUT2D eigenvalue weighted by Gasteiger charge is -2.04. The van der Waals surface area contributed by atoms with E-state index in [1.807, 2.05) is 0 Å². The van der Waals surface area contributed by atoms with E-state index in [9.17, 15) is 0 Å². The van der Waals surface area contributed by atoms with E-state index in [2.05, 4.69) is 11.8 Å². The highest BCUT2D eigenvalue weighted by Gasteiger charge is 1.95. The van der Waals surface area contributed by atoms with E-state index in [1.165, 1.54) is 77.0 Å². The van der Waals surface area contributed by atoms with E-state index in [-0.39, 0.29) is 0 Å². The van der Waals surface area contributed by atoms with Crippen molar-refractivity contribution >= 4 is 0 Å². The Kier molecular flexibility index (Phi) is 21.2. The van der Waals surface area contributed by atoms with Crippen molar-refractivity contribution in [2.24, 2.45) is 0 Å². The molecule has 0 radical (unpaired) electrons. The van der Waals surface area contributed by atoms with Crippen LogP contribution in [0.3, 0.4) is 0 Å². The van der Waals surface area contributed by atoms with E-state index >= 15 is 0 Å². The molecule has 0 unspecified atom stereocenters. The van der Waals surface area contributed by atoms with Gasteiger partial charge in [0.25, 0.3) is 0 Å². The molecular formula is C22H38O2. The summed E-state index contributed by atoms with van der Waals surface area (Å²) in [5.74, 6) is 4.99. The van der Waals surface area contributed by atoms with Crippen molar-refractivity contribution in [1.82, 2.24) is 0 Å². The zero-order chi connectivity index (χ0) is 17.6. The Morgan fingerprint density at radius 3 is 0.917 bits per heavy atom. The van der Waals surface area contributed by atoms with Gasteiger partial charge in [0, 0.05) is 13.2 Å². The smallest absolute Gasteiger partial charge is 0.107 e. The molecule has 0 aromatic carbocycles. The van der Waals surface area contributed by atoms with Crippen molar-refractivity contribution in [2.75, 3.05) is 26.4 Å². The Labute approximate surface area is 151 Å². The quantitative estimate of drug-likeness (QED) is 0.221. The predicted molar refractivity (Wildman–Crippen MR) is 104 cm³/mol. The van der Waals surface area contributed by atoms with Crippen LogP contribution in [0.4, 0.5) is 0 Å². The zero-order valence-electron chi connectivity index (χ0n) is 15.7. The summed E-state index contributed by atoms with van der Waals surface area (Å²) in [7, 11) is 0. The van der Waals surface area contributed by atoms with E-state index in [1.54, 1.807) is 0 Å². The third kappa shape index (κ3) is 21.0. The maximum atomic E-state index is 5.26. The molecule has 0 aromatic rings. The lowest BCUT2D eigenvalue weighted by Crippen LogP contribution is -1.94. The molecule has 0 N–H and O–H groups in total. The van der Waals surface area contributed by atoms with Crippen LogP contribution < -0.4 is 0 Å². The highest BCUT2D eigenvalue weighted by molar-refractivity contribution is 4.83. The first-order valence-corrected chi connectivity index (χ1v) is 9.94. The van der Waals surface area contributed by atoms with Crippen LogP contribution in [0.1, 0.15) is 89.9 Å². The van der Waals surface area contributed by atoms with Crippen LogP contribution in [0, 0.1) is 24.7 Å². The molecule has 0 aromatic heterocycles. The van der Waals surface area contributed by atoms with Crippen molar-refractivity contribution in [3.63, 3.8) is 0 Å². The number of terminal acetylenes is 2. The number of unbranched alkanes of at least 4 members (excludes halogenated alkanes) is 13. The summed E-state index contributed by atoms with van der Waals surface area (Å²) >= 11 is 0. The van der Waals surface area contributed by atoms with Crippen molar-refractivity contribution < 1.29 is 9.47 Å². The maximum absolute atomic E-state index is 5.26. The normalized spacial score (nSPS) is 10.4. The first kappa shape index (κ1) is 23.0. The molecule has 2 nitrogen and oxygen atoms in total. The molecule has 0 spiro atoms. The average molecular weight is 335 g/mol. The predicted octanol–water partition coefficient (Wildman–Crippen LogP) is 5.75. The second kappa shape index (κ2) is 22.0. The zero-order valence-corrected chi connectivity index (χ0v) is 15.7. The topological polar surface area (TPSA) is 18.5 Å². The molecule has 0 aliphatic carbocycles. The average Bonchev–Trinajstić information content (AvgIpc) is 2.60. The summed E-state index contributed by atoms with van der Waals surface area (Å²) in [6, 6.07) is 0. The van der Waals surface area contributed by atoms with Gasteiger partial charge in [0.1, 0.15) is 13.2 Å². The minimum Gasteiger partial charge on any atom is -0.369 e. The first-order chi connectivity index (χ1) is 11.9. The van der Waals surface area contributed by atoms with Gasteiger partial charge in [-0.15, -0.1) is 12.8 Å². The van der Waals surface area contributed by atoms with Gasteiger partial charge in [0.2, 0.25) is 0 Å². The summed E-state index contributed by atoms with van der Waals surface area (Å²) in [5, 5.41) is 0. The number of hydrogen-bond acceptors (Lipinski definition) is 2. The Morgan fingerprint density at radius 2 is 0.667 bits per heavy atom. The second-order valence-electron chi connectivity index (χ2n) is 6.46. The Morgan fingerprint density at radius 1 is 0.417 bits per heavy atom. The molecule has 0 atom stereocenters.